The van der Waals surface area contributed by atoms with Gasteiger partial charge in [0.2, 0.25) is 0 Å². The summed E-state index contributed by atoms with van der Waals surface area (Å²) in [6.07, 6.45) is 1.97. The third kappa shape index (κ3) is 4.65. The second kappa shape index (κ2) is 8.74. The normalized spacial score (nSPS) is 18.5. The Kier molecular flexibility index (Phi) is 5.90. The van der Waals surface area contributed by atoms with Crippen molar-refractivity contribution in [3.8, 4) is 5.75 Å². The zero-order valence-corrected chi connectivity index (χ0v) is 17.6. The fourth-order valence-electron chi connectivity index (χ4n) is 3.43. The molecule has 2 aliphatic rings. The van der Waals surface area contributed by atoms with Crippen LogP contribution in [0.3, 0.4) is 0 Å². The van der Waals surface area contributed by atoms with Crippen LogP contribution in [0.4, 0.5) is 5.69 Å². The minimum Gasteiger partial charge on any atom is -0.490 e. The number of para-hydroxylation sites is 2. The molecular weight excluding hydrogens is 382 g/mol. The molecular formula is C23H25N3O2S. The molecule has 1 amide bonds. The highest BCUT2D eigenvalue weighted by Gasteiger charge is 2.28. The molecule has 0 aliphatic carbocycles. The molecule has 0 spiro atoms. The summed E-state index contributed by atoms with van der Waals surface area (Å²) in [5, 5.41) is 0.802. The zero-order chi connectivity index (χ0) is 20.2. The molecule has 0 atom stereocenters. The number of carbonyl (C=O) groups is 1. The monoisotopic (exact) mass is 407 g/mol. The Morgan fingerprint density at radius 3 is 2.34 bits per heavy atom. The average Bonchev–Trinajstić information content (AvgIpc) is 3.10. The highest BCUT2D eigenvalue weighted by Crippen LogP contribution is 2.33. The van der Waals surface area contributed by atoms with Crippen LogP contribution in [0.5, 0.6) is 5.75 Å². The highest BCUT2D eigenvalue weighted by atomic mass is 32.2. The minimum absolute atomic E-state index is 0.0780. The van der Waals surface area contributed by atoms with Crippen LogP contribution in [0.2, 0.25) is 0 Å². The van der Waals surface area contributed by atoms with Crippen LogP contribution in [0.25, 0.3) is 6.08 Å². The average molecular weight is 408 g/mol. The van der Waals surface area contributed by atoms with Gasteiger partial charge in [-0.3, -0.25) is 4.79 Å². The Bertz CT molecular complexity index is 932. The Morgan fingerprint density at radius 2 is 1.62 bits per heavy atom. The lowest BCUT2D eigenvalue weighted by Crippen LogP contribution is -2.47. The smallest absolute Gasteiger partial charge is 0.286 e. The summed E-state index contributed by atoms with van der Waals surface area (Å²) in [5.74, 6) is 0.614. The number of amidine groups is 1. The largest absolute Gasteiger partial charge is 0.490 e. The molecule has 2 aromatic rings. The summed E-state index contributed by atoms with van der Waals surface area (Å²) >= 11 is 1.46. The maximum atomic E-state index is 12.5. The molecule has 0 radical (unpaired) electrons. The van der Waals surface area contributed by atoms with Crippen molar-refractivity contribution in [2.75, 3.05) is 31.1 Å². The van der Waals surface area contributed by atoms with Gasteiger partial charge in [0, 0.05) is 37.4 Å². The molecule has 0 unspecified atom stereocenters. The van der Waals surface area contributed by atoms with E-state index in [1.165, 1.54) is 17.4 Å². The van der Waals surface area contributed by atoms with Crippen molar-refractivity contribution in [3.63, 3.8) is 0 Å². The number of carbonyl (C=O) groups excluding carboxylic acids is 1. The fraction of sp³-hybridized carbons (Fsp3) is 0.304. The number of nitrogens with zero attached hydrogens (tertiary/aromatic N) is 3. The van der Waals surface area contributed by atoms with Crippen molar-refractivity contribution >= 4 is 34.6 Å². The van der Waals surface area contributed by atoms with Gasteiger partial charge >= 0.3 is 0 Å². The predicted molar refractivity (Wildman–Crippen MR) is 120 cm³/mol. The molecule has 0 bridgehead atoms. The van der Waals surface area contributed by atoms with Gasteiger partial charge in [0.15, 0.2) is 5.17 Å². The Hall–Kier alpha value is -2.73. The number of rotatable bonds is 4. The van der Waals surface area contributed by atoms with Gasteiger partial charge in [-0.1, -0.05) is 36.4 Å². The van der Waals surface area contributed by atoms with Gasteiger partial charge in [-0.15, -0.1) is 0 Å². The van der Waals surface area contributed by atoms with E-state index in [9.17, 15) is 4.79 Å². The topological polar surface area (TPSA) is 45.1 Å². The van der Waals surface area contributed by atoms with E-state index < -0.39 is 0 Å². The van der Waals surface area contributed by atoms with E-state index in [2.05, 4.69) is 39.1 Å². The van der Waals surface area contributed by atoms with Gasteiger partial charge in [-0.2, -0.15) is 4.99 Å². The molecule has 4 rings (SSSR count). The summed E-state index contributed by atoms with van der Waals surface area (Å²) in [4.78, 5) is 22.0. The number of hydrogen-bond acceptors (Lipinski definition) is 5. The van der Waals surface area contributed by atoms with Gasteiger partial charge in [0.25, 0.3) is 5.91 Å². The van der Waals surface area contributed by atoms with Gasteiger partial charge in [0.1, 0.15) is 5.75 Å². The maximum absolute atomic E-state index is 12.5. The lowest BCUT2D eigenvalue weighted by atomic mass is 10.2. The Balaban J connectivity index is 1.42. The van der Waals surface area contributed by atoms with Gasteiger partial charge in [-0.25, -0.2) is 0 Å². The van der Waals surface area contributed by atoms with E-state index in [4.69, 9.17) is 4.74 Å². The van der Waals surface area contributed by atoms with Crippen molar-refractivity contribution in [3.05, 3.63) is 65.1 Å². The number of benzene rings is 2. The van der Waals surface area contributed by atoms with Gasteiger partial charge in [-0.05, 0) is 49.9 Å². The number of aliphatic imine (C=N–C) groups is 1. The molecule has 2 aromatic carbocycles. The van der Waals surface area contributed by atoms with Crippen molar-refractivity contribution in [1.29, 1.82) is 0 Å². The first-order valence-electron chi connectivity index (χ1n) is 9.93. The van der Waals surface area contributed by atoms with E-state index in [-0.39, 0.29) is 12.0 Å². The zero-order valence-electron chi connectivity index (χ0n) is 16.7. The molecule has 0 aromatic heterocycles. The maximum Gasteiger partial charge on any atom is 0.286 e. The molecule has 0 saturated carbocycles. The molecule has 29 heavy (non-hydrogen) atoms. The number of amides is 1. The van der Waals surface area contributed by atoms with Crippen LogP contribution >= 0.6 is 11.8 Å². The molecule has 2 heterocycles. The second-order valence-electron chi connectivity index (χ2n) is 7.32. The third-order valence-corrected chi connectivity index (χ3v) is 5.89. The lowest BCUT2D eigenvalue weighted by molar-refractivity contribution is -0.113. The van der Waals surface area contributed by atoms with E-state index in [1.807, 2.05) is 50.3 Å². The summed E-state index contributed by atoms with van der Waals surface area (Å²) in [6.45, 7) is 7.54. The standard InChI is InChI=1S/C23H25N3O2S/c1-17(2)28-20-11-7-6-8-18(20)16-21-22(27)24-23(29-21)26-14-12-25(13-15-26)19-9-4-3-5-10-19/h3-11,16-17H,12-15H2,1-2H3/b21-16-. The van der Waals surface area contributed by atoms with Crippen LogP contribution in [0.15, 0.2) is 64.5 Å². The van der Waals surface area contributed by atoms with E-state index >= 15 is 0 Å². The first-order valence-corrected chi connectivity index (χ1v) is 10.7. The first kappa shape index (κ1) is 19.6. The molecule has 6 heteroatoms. The number of ether oxygens (including phenoxy) is 1. The minimum atomic E-state index is -0.171. The van der Waals surface area contributed by atoms with Crippen molar-refractivity contribution < 1.29 is 9.53 Å². The van der Waals surface area contributed by atoms with Crippen LogP contribution in [-0.4, -0.2) is 48.3 Å². The molecule has 1 saturated heterocycles. The summed E-state index contributed by atoms with van der Waals surface area (Å²) in [7, 11) is 0. The van der Waals surface area contributed by atoms with Crippen LogP contribution in [0.1, 0.15) is 19.4 Å². The van der Waals surface area contributed by atoms with Crippen LogP contribution in [-0.2, 0) is 4.79 Å². The molecule has 150 valence electrons. The summed E-state index contributed by atoms with van der Waals surface area (Å²) < 4.78 is 5.87. The number of anilines is 1. The summed E-state index contributed by atoms with van der Waals surface area (Å²) in [5.41, 5.74) is 2.15. The molecule has 2 aliphatic heterocycles. The summed E-state index contributed by atoms with van der Waals surface area (Å²) in [6, 6.07) is 18.2. The molecule has 1 fully saturated rings. The third-order valence-electron chi connectivity index (χ3n) is 4.85. The lowest BCUT2D eigenvalue weighted by Gasteiger charge is -2.36. The van der Waals surface area contributed by atoms with Crippen molar-refractivity contribution in [1.82, 2.24) is 4.90 Å². The van der Waals surface area contributed by atoms with E-state index in [0.717, 1.165) is 42.7 Å². The van der Waals surface area contributed by atoms with E-state index in [0.29, 0.717) is 4.91 Å². The van der Waals surface area contributed by atoms with Crippen LogP contribution in [0, 0.1) is 0 Å². The quantitative estimate of drug-likeness (QED) is 0.709. The number of piperazine rings is 1. The number of hydrogen-bond donors (Lipinski definition) is 0. The molecule has 5 nitrogen and oxygen atoms in total. The predicted octanol–water partition coefficient (Wildman–Crippen LogP) is 4.27. The number of thioether (sulfide) groups is 1. The molecule has 0 N–H and O–H groups in total. The van der Waals surface area contributed by atoms with Crippen molar-refractivity contribution in [2.24, 2.45) is 4.99 Å². The van der Waals surface area contributed by atoms with Gasteiger partial charge < -0.3 is 14.5 Å². The second-order valence-corrected chi connectivity index (χ2v) is 8.33. The fourth-order valence-corrected chi connectivity index (χ4v) is 4.39. The van der Waals surface area contributed by atoms with Crippen molar-refractivity contribution in [2.45, 2.75) is 20.0 Å². The first-order chi connectivity index (χ1) is 14.1. The van der Waals surface area contributed by atoms with Crippen LogP contribution < -0.4 is 9.64 Å². The Morgan fingerprint density at radius 1 is 0.966 bits per heavy atom. The van der Waals surface area contributed by atoms with Gasteiger partial charge in [0.05, 0.1) is 11.0 Å². The highest BCUT2D eigenvalue weighted by molar-refractivity contribution is 8.18. The van der Waals surface area contributed by atoms with E-state index in [1.54, 1.807) is 0 Å². The SMILES string of the molecule is CC(C)Oc1ccccc1/C=C1\SC(N2CCN(c3ccccc3)CC2)=NC1=O. The Labute approximate surface area is 176 Å².